The van der Waals surface area contributed by atoms with Crippen molar-refractivity contribution in [3.8, 4) is 5.75 Å². The number of rotatable bonds is 9. The zero-order valence-corrected chi connectivity index (χ0v) is 13.3. The first-order valence-corrected chi connectivity index (χ1v) is 8.00. The van der Waals surface area contributed by atoms with Crippen LogP contribution in [0.5, 0.6) is 5.75 Å². The minimum absolute atomic E-state index is 0.0678. The molecule has 2 rings (SSSR count). The van der Waals surface area contributed by atoms with Crippen LogP contribution in [0.15, 0.2) is 54.6 Å². The van der Waals surface area contributed by atoms with Crippen LogP contribution in [-0.2, 0) is 17.8 Å². The van der Waals surface area contributed by atoms with Crippen LogP contribution in [0, 0.1) is 0 Å². The molecule has 0 atom stereocenters. The Bertz CT molecular complexity index is 582. The molecule has 3 N–H and O–H groups in total. The molecule has 0 bridgehead atoms. The molecule has 4 heteroatoms. The third-order valence-corrected chi connectivity index (χ3v) is 3.52. The fourth-order valence-electron chi connectivity index (χ4n) is 2.19. The molecule has 0 saturated carbocycles. The standard InChI is InChI=1S/C19H24N2O2/c20-13-4-7-19(22)21-14-12-16-8-10-18(11-9-16)23-15-17-5-2-1-3-6-17/h1-3,5-6,8-11H,4,7,12-15,20H2,(H,21,22). The van der Waals surface area contributed by atoms with E-state index >= 15 is 0 Å². The van der Waals surface area contributed by atoms with Gasteiger partial charge in [-0.1, -0.05) is 42.5 Å². The van der Waals surface area contributed by atoms with E-state index in [1.54, 1.807) is 0 Å². The summed E-state index contributed by atoms with van der Waals surface area (Å²) < 4.78 is 5.75. The molecule has 23 heavy (non-hydrogen) atoms. The van der Waals surface area contributed by atoms with Gasteiger partial charge in [0, 0.05) is 13.0 Å². The monoisotopic (exact) mass is 312 g/mol. The number of amides is 1. The van der Waals surface area contributed by atoms with E-state index in [1.165, 1.54) is 5.56 Å². The van der Waals surface area contributed by atoms with Gasteiger partial charge in [-0.2, -0.15) is 0 Å². The third kappa shape index (κ3) is 6.53. The van der Waals surface area contributed by atoms with Gasteiger partial charge < -0.3 is 15.8 Å². The van der Waals surface area contributed by atoms with Crippen molar-refractivity contribution in [2.45, 2.75) is 25.9 Å². The molecule has 2 aromatic rings. The fourth-order valence-corrected chi connectivity index (χ4v) is 2.19. The Labute approximate surface area is 137 Å². The van der Waals surface area contributed by atoms with Gasteiger partial charge in [-0.3, -0.25) is 4.79 Å². The molecule has 122 valence electrons. The van der Waals surface area contributed by atoms with Gasteiger partial charge in [0.05, 0.1) is 0 Å². The van der Waals surface area contributed by atoms with Crippen molar-refractivity contribution in [1.82, 2.24) is 5.32 Å². The lowest BCUT2D eigenvalue weighted by Crippen LogP contribution is -2.25. The van der Waals surface area contributed by atoms with Crippen molar-refractivity contribution in [2.24, 2.45) is 5.73 Å². The molecule has 0 spiro atoms. The summed E-state index contributed by atoms with van der Waals surface area (Å²) in [5.41, 5.74) is 7.71. The summed E-state index contributed by atoms with van der Waals surface area (Å²) in [6.07, 6.45) is 2.05. The SMILES string of the molecule is NCCCC(=O)NCCc1ccc(OCc2ccccc2)cc1. The summed E-state index contributed by atoms with van der Waals surface area (Å²) >= 11 is 0. The highest BCUT2D eigenvalue weighted by atomic mass is 16.5. The number of nitrogens with one attached hydrogen (secondary N) is 1. The van der Waals surface area contributed by atoms with E-state index in [9.17, 15) is 4.79 Å². The van der Waals surface area contributed by atoms with Gasteiger partial charge in [0.15, 0.2) is 0 Å². The van der Waals surface area contributed by atoms with Gasteiger partial charge in [-0.15, -0.1) is 0 Å². The molecular formula is C19H24N2O2. The Kier molecular flexibility index (Phi) is 7.14. The van der Waals surface area contributed by atoms with Crippen molar-refractivity contribution in [3.63, 3.8) is 0 Å². The van der Waals surface area contributed by atoms with Gasteiger partial charge >= 0.3 is 0 Å². The largest absolute Gasteiger partial charge is 0.489 e. The lowest BCUT2D eigenvalue weighted by molar-refractivity contribution is -0.121. The number of ether oxygens (including phenoxy) is 1. The van der Waals surface area contributed by atoms with Crippen LogP contribution in [0.25, 0.3) is 0 Å². The lowest BCUT2D eigenvalue weighted by Gasteiger charge is -2.08. The van der Waals surface area contributed by atoms with Crippen LogP contribution >= 0.6 is 0 Å². The molecule has 1 amide bonds. The number of hydrogen-bond donors (Lipinski definition) is 2. The van der Waals surface area contributed by atoms with Crippen molar-refractivity contribution in [3.05, 3.63) is 65.7 Å². The van der Waals surface area contributed by atoms with Crippen LogP contribution in [0.4, 0.5) is 0 Å². The highest BCUT2D eigenvalue weighted by Crippen LogP contribution is 2.14. The van der Waals surface area contributed by atoms with E-state index < -0.39 is 0 Å². The number of hydrogen-bond acceptors (Lipinski definition) is 3. The molecule has 0 radical (unpaired) electrons. The van der Waals surface area contributed by atoms with Gasteiger partial charge in [0.1, 0.15) is 12.4 Å². The maximum atomic E-state index is 11.5. The Morgan fingerprint density at radius 1 is 1.00 bits per heavy atom. The predicted octanol–water partition coefficient (Wildman–Crippen LogP) is 2.66. The first kappa shape index (κ1) is 17.0. The van der Waals surface area contributed by atoms with Gasteiger partial charge in [-0.05, 0) is 42.6 Å². The lowest BCUT2D eigenvalue weighted by atomic mass is 10.1. The molecule has 0 saturated heterocycles. The molecule has 0 aliphatic carbocycles. The average molecular weight is 312 g/mol. The molecule has 0 aromatic heterocycles. The Morgan fingerprint density at radius 2 is 1.74 bits per heavy atom. The maximum Gasteiger partial charge on any atom is 0.220 e. The van der Waals surface area contributed by atoms with Gasteiger partial charge in [-0.25, -0.2) is 0 Å². The van der Waals surface area contributed by atoms with Crippen LogP contribution < -0.4 is 15.8 Å². The zero-order valence-electron chi connectivity index (χ0n) is 13.3. The molecule has 2 aromatic carbocycles. The number of nitrogens with two attached hydrogens (primary N) is 1. The molecule has 0 aliphatic heterocycles. The summed E-state index contributed by atoms with van der Waals surface area (Å²) in [5, 5.41) is 2.90. The van der Waals surface area contributed by atoms with E-state index in [-0.39, 0.29) is 5.91 Å². The normalized spacial score (nSPS) is 10.3. The van der Waals surface area contributed by atoms with Crippen molar-refractivity contribution >= 4 is 5.91 Å². The summed E-state index contributed by atoms with van der Waals surface area (Å²) in [6.45, 7) is 1.77. The quantitative estimate of drug-likeness (QED) is 0.748. The second-order valence-electron chi connectivity index (χ2n) is 5.41. The predicted molar refractivity (Wildman–Crippen MR) is 92.2 cm³/mol. The minimum atomic E-state index is 0.0678. The zero-order chi connectivity index (χ0) is 16.3. The summed E-state index contributed by atoms with van der Waals surface area (Å²) in [4.78, 5) is 11.5. The Morgan fingerprint density at radius 3 is 2.43 bits per heavy atom. The van der Waals surface area contributed by atoms with Crippen molar-refractivity contribution in [2.75, 3.05) is 13.1 Å². The molecule has 0 aliphatic rings. The van der Waals surface area contributed by atoms with E-state index in [0.29, 0.717) is 26.1 Å². The van der Waals surface area contributed by atoms with Crippen LogP contribution in [0.1, 0.15) is 24.0 Å². The first-order valence-electron chi connectivity index (χ1n) is 8.00. The Balaban J connectivity index is 1.71. The number of benzene rings is 2. The topological polar surface area (TPSA) is 64.4 Å². The summed E-state index contributed by atoms with van der Waals surface area (Å²) in [7, 11) is 0. The van der Waals surface area contributed by atoms with Crippen molar-refractivity contribution < 1.29 is 9.53 Å². The fraction of sp³-hybridized carbons (Fsp3) is 0.316. The van der Waals surface area contributed by atoms with E-state index in [2.05, 4.69) is 5.32 Å². The molecule has 0 fully saturated rings. The van der Waals surface area contributed by atoms with Crippen LogP contribution in [0.3, 0.4) is 0 Å². The highest BCUT2D eigenvalue weighted by molar-refractivity contribution is 5.75. The second-order valence-corrected chi connectivity index (χ2v) is 5.41. The number of carbonyl (C=O) groups is 1. The molecular weight excluding hydrogens is 288 g/mol. The minimum Gasteiger partial charge on any atom is -0.489 e. The van der Waals surface area contributed by atoms with Crippen LogP contribution in [0.2, 0.25) is 0 Å². The van der Waals surface area contributed by atoms with E-state index in [0.717, 1.165) is 24.2 Å². The van der Waals surface area contributed by atoms with E-state index in [1.807, 2.05) is 54.6 Å². The third-order valence-electron chi connectivity index (χ3n) is 3.52. The average Bonchev–Trinajstić information content (AvgIpc) is 2.60. The van der Waals surface area contributed by atoms with Crippen LogP contribution in [-0.4, -0.2) is 19.0 Å². The maximum absolute atomic E-state index is 11.5. The molecule has 0 heterocycles. The van der Waals surface area contributed by atoms with Gasteiger partial charge in [0.25, 0.3) is 0 Å². The molecule has 4 nitrogen and oxygen atoms in total. The van der Waals surface area contributed by atoms with Gasteiger partial charge in [0.2, 0.25) is 5.91 Å². The number of carbonyl (C=O) groups excluding carboxylic acids is 1. The first-order chi connectivity index (χ1) is 11.3. The summed E-state index contributed by atoms with van der Waals surface area (Å²) in [5.74, 6) is 0.919. The second kappa shape index (κ2) is 9.64. The Hall–Kier alpha value is -2.33. The molecule has 0 unspecified atom stereocenters. The highest BCUT2D eigenvalue weighted by Gasteiger charge is 2.01. The van der Waals surface area contributed by atoms with E-state index in [4.69, 9.17) is 10.5 Å². The summed E-state index contributed by atoms with van der Waals surface area (Å²) in [6, 6.07) is 18.1. The van der Waals surface area contributed by atoms with Crippen molar-refractivity contribution in [1.29, 1.82) is 0 Å². The smallest absolute Gasteiger partial charge is 0.220 e.